The van der Waals surface area contributed by atoms with Crippen molar-refractivity contribution in [3.63, 3.8) is 0 Å². The van der Waals surface area contributed by atoms with Crippen LogP contribution in [-0.4, -0.2) is 0 Å². The van der Waals surface area contributed by atoms with Gasteiger partial charge >= 0.3 is 68.9 Å². The van der Waals surface area contributed by atoms with Crippen LogP contribution in [0, 0.1) is 0 Å². The van der Waals surface area contributed by atoms with Gasteiger partial charge in [0.2, 0.25) is 0 Å². The summed E-state index contributed by atoms with van der Waals surface area (Å²) in [5.74, 6) is 0. The molecule has 0 nitrogen and oxygen atoms in total. The molecule has 0 aromatic carbocycles. The predicted molar refractivity (Wildman–Crippen MR) is 109 cm³/mol. The van der Waals surface area contributed by atoms with Crippen molar-refractivity contribution in [1.82, 2.24) is 0 Å². The van der Waals surface area contributed by atoms with Gasteiger partial charge in [0.15, 0.2) is 0 Å². The summed E-state index contributed by atoms with van der Waals surface area (Å²) in [5, 5.41) is 0. The van der Waals surface area contributed by atoms with Crippen LogP contribution in [0.25, 0.3) is 0 Å². The summed E-state index contributed by atoms with van der Waals surface area (Å²) in [7, 11) is 0. The van der Waals surface area contributed by atoms with E-state index in [4.69, 9.17) is 0 Å². The summed E-state index contributed by atoms with van der Waals surface area (Å²) in [5.41, 5.74) is 0. The quantitative estimate of drug-likeness (QED) is 0.187. The zero-order chi connectivity index (χ0) is 16.8. The van der Waals surface area contributed by atoms with E-state index in [0.717, 1.165) is 0 Å². The number of unbranched alkanes of at least 4 members (excludes halogenated alkanes) is 20. The molecule has 0 aromatic rings. The van der Waals surface area contributed by atoms with Gasteiger partial charge in [0.1, 0.15) is 0 Å². The molecule has 0 aliphatic heterocycles. The van der Waals surface area contributed by atoms with Gasteiger partial charge in [-0.2, -0.15) is 0 Å². The Kier molecular flexibility index (Phi) is 32.1. The first-order valence-electron chi connectivity index (χ1n) is 11.4. The summed E-state index contributed by atoms with van der Waals surface area (Å²) in [6, 6.07) is 0. The van der Waals surface area contributed by atoms with E-state index in [1.54, 1.807) is 0 Å². The zero-order valence-electron chi connectivity index (χ0n) is 18.8. The van der Waals surface area contributed by atoms with E-state index in [0.29, 0.717) is 0 Å². The Morgan fingerprint density at radius 1 is 0.292 bits per heavy atom. The Morgan fingerprint density at radius 2 is 0.417 bits per heavy atom. The van der Waals surface area contributed by atoms with Gasteiger partial charge in [-0.1, -0.05) is 149 Å². The Labute approximate surface area is 216 Å². The molecule has 1 heteroatoms. The van der Waals surface area contributed by atoms with Crippen LogP contribution in [0.1, 0.15) is 150 Å². The minimum atomic E-state index is 0. The molecule has 0 spiro atoms. The normalized spacial score (nSPS) is 10.8. The summed E-state index contributed by atoms with van der Waals surface area (Å²) in [6.45, 7) is 4.60. The number of hydrogen-bond donors (Lipinski definition) is 0. The van der Waals surface area contributed by atoms with Crippen molar-refractivity contribution >= 4 is 0 Å². The maximum Gasteiger partial charge on any atom is 1.00 e. The predicted octanol–water partition coefficient (Wildman–Crippen LogP) is 6.33. The molecule has 0 bridgehead atoms. The molecule has 0 aromatic heterocycles. The molecular formula is C23H49Cs. The molecule has 0 aliphatic carbocycles. The Hall–Kier alpha value is 2.05. The molecule has 0 rings (SSSR count). The summed E-state index contributed by atoms with van der Waals surface area (Å²) in [6.07, 6.45) is 30.9. The van der Waals surface area contributed by atoms with Crippen molar-refractivity contribution in [3.8, 4) is 0 Å². The fourth-order valence-electron chi connectivity index (χ4n) is 3.51. The molecule has 0 radical (unpaired) electrons. The van der Waals surface area contributed by atoms with Gasteiger partial charge < -0.3 is 1.43 Å². The van der Waals surface area contributed by atoms with Gasteiger partial charge in [0.05, 0.1) is 0 Å². The van der Waals surface area contributed by atoms with E-state index >= 15 is 0 Å². The van der Waals surface area contributed by atoms with Crippen LogP contribution in [0.4, 0.5) is 0 Å². The summed E-state index contributed by atoms with van der Waals surface area (Å²) in [4.78, 5) is 0. The van der Waals surface area contributed by atoms with Crippen molar-refractivity contribution in [2.24, 2.45) is 0 Å². The van der Waals surface area contributed by atoms with Crippen LogP contribution in [0.5, 0.6) is 0 Å². The van der Waals surface area contributed by atoms with Crippen LogP contribution < -0.4 is 68.9 Å². The maximum atomic E-state index is 2.30. The van der Waals surface area contributed by atoms with E-state index < -0.39 is 0 Å². The Balaban J connectivity index is -0.00000242. The smallest absolute Gasteiger partial charge is 1.00 e. The standard InChI is InChI=1S/C23H48.Cs.H/c1-3-5-7-9-11-13-15-17-19-21-23-22-20-18-16-14-12-10-8-6-4-2;;/h3-23H2,1-2H3;;/q;+1;-1. The van der Waals surface area contributed by atoms with E-state index in [-0.39, 0.29) is 70.3 Å². The molecule has 0 unspecified atom stereocenters. The molecule has 142 valence electrons. The third kappa shape index (κ3) is 26.3. The van der Waals surface area contributed by atoms with Gasteiger partial charge in [-0.05, 0) is 0 Å². The molecule has 0 atom stereocenters. The van der Waals surface area contributed by atoms with E-state index in [1.165, 1.54) is 135 Å². The fourth-order valence-corrected chi connectivity index (χ4v) is 3.51. The topological polar surface area (TPSA) is 0 Å². The third-order valence-electron chi connectivity index (χ3n) is 5.21. The van der Waals surface area contributed by atoms with Gasteiger partial charge in [0.25, 0.3) is 0 Å². The van der Waals surface area contributed by atoms with Crippen LogP contribution in [0.3, 0.4) is 0 Å². The SMILES string of the molecule is CCCCCCCCCCCCCCCCCCCCCCC.[Cs+].[H-]. The first-order valence-corrected chi connectivity index (χ1v) is 11.4. The van der Waals surface area contributed by atoms with E-state index in [1.807, 2.05) is 0 Å². The van der Waals surface area contributed by atoms with Gasteiger partial charge in [-0.15, -0.1) is 0 Å². The van der Waals surface area contributed by atoms with Crippen molar-refractivity contribution in [1.29, 1.82) is 0 Å². The molecule has 0 heterocycles. The van der Waals surface area contributed by atoms with Crippen molar-refractivity contribution in [2.75, 3.05) is 0 Å². The van der Waals surface area contributed by atoms with E-state index in [9.17, 15) is 0 Å². The molecule has 0 fully saturated rings. The molecule has 0 amide bonds. The summed E-state index contributed by atoms with van der Waals surface area (Å²) >= 11 is 0. The molecule has 0 saturated carbocycles. The Morgan fingerprint density at radius 3 is 0.542 bits per heavy atom. The number of rotatable bonds is 20. The fraction of sp³-hybridized carbons (Fsp3) is 1.00. The average Bonchev–Trinajstić information content (AvgIpc) is 2.57. The molecule has 24 heavy (non-hydrogen) atoms. The van der Waals surface area contributed by atoms with Crippen molar-refractivity contribution < 1.29 is 70.3 Å². The third-order valence-corrected chi connectivity index (χ3v) is 5.21. The van der Waals surface area contributed by atoms with E-state index in [2.05, 4.69) is 13.8 Å². The first kappa shape index (κ1) is 28.3. The molecule has 0 saturated heterocycles. The Bertz CT molecular complexity index is 177. The van der Waals surface area contributed by atoms with Gasteiger partial charge in [-0.25, -0.2) is 0 Å². The molecule has 0 aliphatic rings. The zero-order valence-corrected chi connectivity index (χ0v) is 24.1. The largest absolute Gasteiger partial charge is 1.00 e. The summed E-state index contributed by atoms with van der Waals surface area (Å²) < 4.78 is 0. The second kappa shape index (κ2) is 27.3. The molecular weight excluding hydrogens is 409 g/mol. The van der Waals surface area contributed by atoms with Crippen LogP contribution in [0.15, 0.2) is 0 Å². The minimum Gasteiger partial charge on any atom is -1.00 e. The van der Waals surface area contributed by atoms with Crippen LogP contribution >= 0.6 is 0 Å². The average molecular weight is 459 g/mol. The number of hydrogen-bond acceptors (Lipinski definition) is 0. The monoisotopic (exact) mass is 458 g/mol. The maximum absolute atomic E-state index is 2.30. The van der Waals surface area contributed by atoms with Gasteiger partial charge in [0, 0.05) is 0 Å². The van der Waals surface area contributed by atoms with Gasteiger partial charge in [-0.3, -0.25) is 0 Å². The van der Waals surface area contributed by atoms with Crippen LogP contribution in [0.2, 0.25) is 0 Å². The molecule has 0 N–H and O–H groups in total. The van der Waals surface area contributed by atoms with Crippen molar-refractivity contribution in [2.45, 2.75) is 149 Å². The minimum absolute atomic E-state index is 0. The second-order valence-electron chi connectivity index (χ2n) is 7.72. The first-order chi connectivity index (χ1) is 11.4. The van der Waals surface area contributed by atoms with Crippen molar-refractivity contribution in [3.05, 3.63) is 0 Å². The second-order valence-corrected chi connectivity index (χ2v) is 7.72. The van der Waals surface area contributed by atoms with Crippen LogP contribution in [-0.2, 0) is 0 Å².